The SMILES string of the molecule is Cc1nc(CC(CCC(=O)O)NC(=O)OCC2c3ccccc3-c3ccccc32)cs1. The highest BCUT2D eigenvalue weighted by Crippen LogP contribution is 2.44. The first-order chi connectivity index (χ1) is 15.0. The van der Waals surface area contributed by atoms with Gasteiger partial charge in [0.1, 0.15) is 6.61 Å². The molecule has 160 valence electrons. The summed E-state index contributed by atoms with van der Waals surface area (Å²) in [4.78, 5) is 28.0. The smallest absolute Gasteiger partial charge is 0.407 e. The largest absolute Gasteiger partial charge is 0.481 e. The van der Waals surface area contributed by atoms with E-state index in [2.05, 4.69) is 34.6 Å². The van der Waals surface area contributed by atoms with Crippen molar-refractivity contribution in [2.75, 3.05) is 6.61 Å². The number of carbonyl (C=O) groups is 2. The van der Waals surface area contributed by atoms with Crippen LogP contribution in [0.2, 0.25) is 0 Å². The molecule has 0 radical (unpaired) electrons. The number of aliphatic carboxylic acids is 1. The van der Waals surface area contributed by atoms with Crippen LogP contribution in [0.15, 0.2) is 53.9 Å². The zero-order valence-electron chi connectivity index (χ0n) is 17.2. The number of nitrogens with one attached hydrogen (secondary N) is 1. The van der Waals surface area contributed by atoms with E-state index < -0.39 is 12.1 Å². The van der Waals surface area contributed by atoms with E-state index in [0.717, 1.165) is 21.8 Å². The van der Waals surface area contributed by atoms with Gasteiger partial charge in [-0.3, -0.25) is 4.79 Å². The Morgan fingerprint density at radius 3 is 2.35 bits per heavy atom. The number of rotatable bonds is 8. The van der Waals surface area contributed by atoms with Crippen LogP contribution in [0.25, 0.3) is 11.1 Å². The van der Waals surface area contributed by atoms with E-state index >= 15 is 0 Å². The van der Waals surface area contributed by atoms with Gasteiger partial charge in [-0.15, -0.1) is 11.3 Å². The van der Waals surface area contributed by atoms with Gasteiger partial charge < -0.3 is 15.2 Å². The Hall–Kier alpha value is -3.19. The maximum Gasteiger partial charge on any atom is 0.407 e. The van der Waals surface area contributed by atoms with Gasteiger partial charge in [0.15, 0.2) is 0 Å². The summed E-state index contributed by atoms with van der Waals surface area (Å²) < 4.78 is 5.60. The lowest BCUT2D eigenvalue weighted by atomic mass is 9.98. The molecule has 1 unspecified atom stereocenters. The number of nitrogens with zero attached hydrogens (tertiary/aromatic N) is 1. The molecule has 4 rings (SSSR count). The molecular formula is C24H24N2O4S. The maximum absolute atomic E-state index is 12.6. The summed E-state index contributed by atoms with van der Waals surface area (Å²) >= 11 is 1.53. The van der Waals surface area contributed by atoms with Gasteiger partial charge in [0, 0.05) is 30.2 Å². The second kappa shape index (κ2) is 9.31. The minimum Gasteiger partial charge on any atom is -0.481 e. The minimum atomic E-state index is -0.895. The van der Waals surface area contributed by atoms with E-state index in [1.54, 1.807) is 0 Å². The predicted octanol–water partition coefficient (Wildman–Crippen LogP) is 4.77. The van der Waals surface area contributed by atoms with Gasteiger partial charge in [-0.05, 0) is 35.6 Å². The van der Waals surface area contributed by atoms with Crippen LogP contribution < -0.4 is 5.32 Å². The molecule has 2 aromatic carbocycles. The second-order valence-corrected chi connectivity index (χ2v) is 8.72. The van der Waals surface area contributed by atoms with E-state index in [0.29, 0.717) is 12.8 Å². The monoisotopic (exact) mass is 436 g/mol. The highest BCUT2D eigenvalue weighted by Gasteiger charge is 2.29. The van der Waals surface area contributed by atoms with E-state index in [4.69, 9.17) is 9.84 Å². The van der Waals surface area contributed by atoms with Crippen LogP contribution >= 0.6 is 11.3 Å². The van der Waals surface area contributed by atoms with Gasteiger partial charge in [-0.25, -0.2) is 9.78 Å². The lowest BCUT2D eigenvalue weighted by molar-refractivity contribution is -0.137. The molecular weight excluding hydrogens is 412 g/mol. The molecule has 1 atom stereocenters. The summed E-state index contributed by atoms with van der Waals surface area (Å²) in [6.07, 6.45) is 0.222. The van der Waals surface area contributed by atoms with Crippen LogP contribution in [-0.4, -0.2) is 34.8 Å². The van der Waals surface area contributed by atoms with E-state index in [9.17, 15) is 9.59 Å². The summed E-state index contributed by atoms with van der Waals surface area (Å²) in [5.74, 6) is -0.911. The average Bonchev–Trinajstić information content (AvgIpc) is 3.31. The summed E-state index contributed by atoms with van der Waals surface area (Å²) in [6.45, 7) is 2.14. The van der Waals surface area contributed by atoms with Crippen molar-refractivity contribution in [2.24, 2.45) is 0 Å². The Bertz CT molecular complexity index is 1050. The van der Waals surface area contributed by atoms with Gasteiger partial charge >= 0.3 is 12.1 Å². The number of carbonyl (C=O) groups excluding carboxylic acids is 1. The Balaban J connectivity index is 1.41. The Kier molecular flexibility index (Phi) is 6.32. The van der Waals surface area contributed by atoms with Crippen molar-refractivity contribution in [3.63, 3.8) is 0 Å². The molecule has 2 N–H and O–H groups in total. The van der Waals surface area contributed by atoms with Crippen molar-refractivity contribution < 1.29 is 19.4 Å². The van der Waals surface area contributed by atoms with Gasteiger partial charge in [-0.2, -0.15) is 0 Å². The third-order valence-electron chi connectivity index (χ3n) is 5.49. The van der Waals surface area contributed by atoms with Gasteiger partial charge in [0.2, 0.25) is 0 Å². The number of aryl methyl sites for hydroxylation is 1. The number of fused-ring (bicyclic) bond motifs is 3. The normalized spacial score (nSPS) is 13.3. The van der Waals surface area contributed by atoms with Gasteiger partial charge in [0.05, 0.1) is 10.7 Å². The van der Waals surface area contributed by atoms with Crippen LogP contribution in [0.1, 0.15) is 40.6 Å². The third kappa shape index (κ3) is 4.94. The van der Waals surface area contributed by atoms with E-state index in [1.807, 2.05) is 36.6 Å². The molecule has 1 heterocycles. The molecule has 0 saturated heterocycles. The Morgan fingerprint density at radius 2 is 1.77 bits per heavy atom. The van der Waals surface area contributed by atoms with Crippen molar-refractivity contribution in [2.45, 2.75) is 38.1 Å². The number of carboxylic acids is 1. The quantitative estimate of drug-likeness (QED) is 0.531. The van der Waals surface area contributed by atoms with Crippen molar-refractivity contribution in [3.8, 4) is 11.1 Å². The zero-order valence-corrected chi connectivity index (χ0v) is 18.0. The maximum atomic E-state index is 12.6. The molecule has 3 aromatic rings. The number of hydrogen-bond donors (Lipinski definition) is 2. The number of hydrogen-bond acceptors (Lipinski definition) is 5. The third-order valence-corrected chi connectivity index (χ3v) is 6.32. The number of thiazole rings is 1. The summed E-state index contributed by atoms with van der Waals surface area (Å²) in [7, 11) is 0. The molecule has 0 spiro atoms. The molecule has 6 nitrogen and oxygen atoms in total. The lowest BCUT2D eigenvalue weighted by Gasteiger charge is -2.19. The van der Waals surface area contributed by atoms with E-state index in [1.165, 1.54) is 22.5 Å². The first-order valence-electron chi connectivity index (χ1n) is 10.3. The fraction of sp³-hybridized carbons (Fsp3) is 0.292. The fourth-order valence-corrected chi connectivity index (χ4v) is 4.71. The second-order valence-electron chi connectivity index (χ2n) is 7.66. The number of carboxylic acid groups (broad SMARTS) is 1. The molecule has 1 aliphatic carbocycles. The molecule has 0 saturated carbocycles. The molecule has 0 bridgehead atoms. The summed E-state index contributed by atoms with van der Waals surface area (Å²) in [5.41, 5.74) is 5.49. The highest BCUT2D eigenvalue weighted by atomic mass is 32.1. The van der Waals surface area contributed by atoms with Crippen LogP contribution in [0.4, 0.5) is 4.79 Å². The summed E-state index contributed by atoms with van der Waals surface area (Å²) in [6, 6.07) is 16.0. The number of alkyl carbamates (subject to hydrolysis) is 1. The summed E-state index contributed by atoms with van der Waals surface area (Å²) in [5, 5.41) is 14.8. The molecule has 1 aromatic heterocycles. The minimum absolute atomic E-state index is 0.0168. The van der Waals surface area contributed by atoms with Crippen molar-refractivity contribution in [3.05, 3.63) is 75.7 Å². The number of amides is 1. The Morgan fingerprint density at radius 1 is 1.13 bits per heavy atom. The first kappa shape index (κ1) is 21.1. The van der Waals surface area contributed by atoms with Crippen molar-refractivity contribution >= 4 is 23.4 Å². The molecule has 7 heteroatoms. The number of ether oxygens (including phenoxy) is 1. The van der Waals surface area contributed by atoms with Gasteiger partial charge in [0.25, 0.3) is 0 Å². The van der Waals surface area contributed by atoms with Crippen LogP contribution in [0.5, 0.6) is 0 Å². The number of aromatic nitrogens is 1. The standard InChI is InChI=1S/C24H24N2O4S/c1-15-25-17(14-31-15)12-16(10-11-23(27)28)26-24(29)30-13-22-20-8-4-2-6-18(20)19-7-3-5-9-21(19)22/h2-9,14,16,22H,10-13H2,1H3,(H,26,29)(H,27,28). The number of benzene rings is 2. The molecule has 0 aliphatic heterocycles. The average molecular weight is 437 g/mol. The van der Waals surface area contributed by atoms with Crippen molar-refractivity contribution in [1.82, 2.24) is 10.3 Å². The molecule has 1 amide bonds. The molecule has 31 heavy (non-hydrogen) atoms. The van der Waals surface area contributed by atoms with Crippen LogP contribution in [0.3, 0.4) is 0 Å². The van der Waals surface area contributed by atoms with Crippen molar-refractivity contribution in [1.29, 1.82) is 0 Å². The van der Waals surface area contributed by atoms with E-state index in [-0.39, 0.29) is 25.0 Å². The van der Waals surface area contributed by atoms with Gasteiger partial charge in [-0.1, -0.05) is 48.5 Å². The fourth-order valence-electron chi connectivity index (χ4n) is 4.08. The predicted molar refractivity (Wildman–Crippen MR) is 119 cm³/mol. The molecule has 1 aliphatic rings. The van der Waals surface area contributed by atoms with Crippen LogP contribution in [-0.2, 0) is 16.0 Å². The van der Waals surface area contributed by atoms with Crippen LogP contribution in [0, 0.1) is 6.92 Å². The Labute approximate surface area is 184 Å². The lowest BCUT2D eigenvalue weighted by Crippen LogP contribution is -2.38. The highest BCUT2D eigenvalue weighted by molar-refractivity contribution is 7.09. The zero-order chi connectivity index (χ0) is 21.8. The first-order valence-corrected chi connectivity index (χ1v) is 11.1. The topological polar surface area (TPSA) is 88.5 Å². The molecule has 0 fully saturated rings.